The topological polar surface area (TPSA) is 84.2 Å². The molecule has 0 aliphatic heterocycles. The number of carbonyl (C=O) groups is 2. The Morgan fingerprint density at radius 1 is 1.00 bits per heavy atom. The van der Waals surface area contributed by atoms with Gasteiger partial charge in [-0.3, -0.25) is 9.78 Å². The summed E-state index contributed by atoms with van der Waals surface area (Å²) in [5.41, 5.74) is 2.11. The van der Waals surface area contributed by atoms with E-state index in [0.717, 1.165) is 17.1 Å². The van der Waals surface area contributed by atoms with E-state index in [0.29, 0.717) is 17.8 Å². The lowest BCUT2D eigenvalue weighted by molar-refractivity contribution is 0.0698. The van der Waals surface area contributed by atoms with Crippen LogP contribution < -0.4 is 5.32 Å². The van der Waals surface area contributed by atoms with E-state index in [-0.39, 0.29) is 11.3 Å². The van der Waals surface area contributed by atoms with Gasteiger partial charge >= 0.3 is 5.97 Å². The number of fused-ring (bicyclic) bond motifs is 1. The summed E-state index contributed by atoms with van der Waals surface area (Å²) in [4.78, 5) is 28.4. The summed E-state index contributed by atoms with van der Waals surface area (Å²) in [6, 6.07) is 16.5. The first-order valence-electron chi connectivity index (χ1n) is 8.85. The molecule has 0 fully saturated rings. The second-order valence-corrected chi connectivity index (χ2v) is 6.46. The summed E-state index contributed by atoms with van der Waals surface area (Å²) < 4.78 is 15.0. The van der Waals surface area contributed by atoms with Crippen LogP contribution in [0.25, 0.3) is 10.9 Å². The van der Waals surface area contributed by atoms with Gasteiger partial charge in [0, 0.05) is 17.1 Å². The molecule has 0 atom stereocenters. The second kappa shape index (κ2) is 7.55. The lowest BCUT2D eigenvalue weighted by Crippen LogP contribution is -2.14. The number of para-hydroxylation sites is 2. The fourth-order valence-electron chi connectivity index (χ4n) is 3.20. The first-order valence-corrected chi connectivity index (χ1v) is 8.85. The Morgan fingerprint density at radius 3 is 2.52 bits per heavy atom. The van der Waals surface area contributed by atoms with Crippen molar-refractivity contribution >= 4 is 28.5 Å². The minimum Gasteiger partial charge on any atom is -0.478 e. The van der Waals surface area contributed by atoms with Gasteiger partial charge in [-0.2, -0.15) is 0 Å². The Morgan fingerprint density at radius 2 is 1.76 bits per heavy atom. The maximum Gasteiger partial charge on any atom is 0.337 e. The highest BCUT2D eigenvalue weighted by Gasteiger charge is 2.18. The molecule has 29 heavy (non-hydrogen) atoms. The second-order valence-electron chi connectivity index (χ2n) is 6.46. The van der Waals surface area contributed by atoms with E-state index in [2.05, 4.69) is 10.3 Å². The summed E-state index contributed by atoms with van der Waals surface area (Å²) in [5, 5.41) is 12.7. The standard InChI is InChI=1S/C22H16FN3O3/c23-14-9-10-15(24-11-14)12-26-13-18(16-5-2-4-8-20(16)26)21(27)25-19-7-3-1-6-17(19)22(28)29/h1-11,13H,12H2,(H,25,27)(H,28,29). The summed E-state index contributed by atoms with van der Waals surface area (Å²) in [5.74, 6) is -1.95. The number of carboxylic acids is 1. The van der Waals surface area contributed by atoms with Gasteiger partial charge in [0.25, 0.3) is 5.91 Å². The summed E-state index contributed by atoms with van der Waals surface area (Å²) >= 11 is 0. The molecular formula is C22H16FN3O3. The molecule has 0 aliphatic carbocycles. The van der Waals surface area contributed by atoms with Gasteiger partial charge in [0.1, 0.15) is 5.82 Å². The lowest BCUT2D eigenvalue weighted by Gasteiger charge is -2.07. The number of amides is 1. The Balaban J connectivity index is 1.70. The highest BCUT2D eigenvalue weighted by Crippen LogP contribution is 2.24. The van der Waals surface area contributed by atoms with Gasteiger partial charge in [-0.15, -0.1) is 0 Å². The number of carbonyl (C=O) groups excluding carboxylic acids is 1. The van der Waals surface area contributed by atoms with Crippen LogP contribution in [0.15, 0.2) is 73.1 Å². The van der Waals surface area contributed by atoms with Gasteiger partial charge in [0.15, 0.2) is 0 Å². The zero-order valence-corrected chi connectivity index (χ0v) is 15.2. The number of anilines is 1. The number of hydrogen-bond acceptors (Lipinski definition) is 3. The third kappa shape index (κ3) is 3.70. The van der Waals surface area contributed by atoms with E-state index >= 15 is 0 Å². The van der Waals surface area contributed by atoms with E-state index in [4.69, 9.17) is 0 Å². The lowest BCUT2D eigenvalue weighted by atomic mass is 10.1. The summed E-state index contributed by atoms with van der Waals surface area (Å²) in [7, 11) is 0. The molecule has 2 aromatic heterocycles. The Hall–Kier alpha value is -4.00. The Labute approximate surface area is 165 Å². The van der Waals surface area contributed by atoms with Crippen LogP contribution >= 0.6 is 0 Å². The number of pyridine rings is 1. The molecule has 0 saturated heterocycles. The van der Waals surface area contributed by atoms with Gasteiger partial charge < -0.3 is 15.0 Å². The molecule has 1 amide bonds. The third-order valence-corrected chi connectivity index (χ3v) is 4.56. The van der Waals surface area contributed by atoms with Crippen molar-refractivity contribution in [2.45, 2.75) is 6.54 Å². The molecule has 0 aliphatic rings. The van der Waals surface area contributed by atoms with Crippen molar-refractivity contribution in [3.8, 4) is 0 Å². The average Bonchev–Trinajstić information content (AvgIpc) is 3.09. The SMILES string of the molecule is O=C(O)c1ccccc1NC(=O)c1cn(Cc2ccc(F)cn2)c2ccccc12. The summed E-state index contributed by atoms with van der Waals surface area (Å²) in [6.07, 6.45) is 2.84. The van der Waals surface area contributed by atoms with E-state index in [1.165, 1.54) is 12.1 Å². The Kier molecular flexibility index (Phi) is 4.78. The van der Waals surface area contributed by atoms with Crippen LogP contribution in [0.5, 0.6) is 0 Å². The van der Waals surface area contributed by atoms with Gasteiger partial charge in [0.05, 0.1) is 35.2 Å². The van der Waals surface area contributed by atoms with Crippen molar-refractivity contribution in [2.75, 3.05) is 5.32 Å². The van der Waals surface area contributed by atoms with Gasteiger partial charge in [-0.05, 0) is 30.3 Å². The van der Waals surface area contributed by atoms with Crippen LogP contribution in [0.4, 0.5) is 10.1 Å². The number of halogens is 1. The fourth-order valence-corrected chi connectivity index (χ4v) is 3.20. The van der Waals surface area contributed by atoms with Crippen molar-refractivity contribution in [3.05, 3.63) is 95.7 Å². The molecule has 0 radical (unpaired) electrons. The van der Waals surface area contributed by atoms with Crippen LogP contribution in [0.1, 0.15) is 26.4 Å². The normalized spacial score (nSPS) is 10.8. The van der Waals surface area contributed by atoms with Crippen molar-refractivity contribution in [3.63, 3.8) is 0 Å². The predicted octanol–water partition coefficient (Wildman–Crippen LogP) is 4.17. The van der Waals surface area contributed by atoms with E-state index < -0.39 is 17.7 Å². The summed E-state index contributed by atoms with van der Waals surface area (Å²) in [6.45, 7) is 0.361. The van der Waals surface area contributed by atoms with E-state index in [1.807, 2.05) is 28.8 Å². The van der Waals surface area contributed by atoms with Gasteiger partial charge in [0.2, 0.25) is 0 Å². The van der Waals surface area contributed by atoms with Crippen molar-refractivity contribution in [2.24, 2.45) is 0 Å². The number of benzene rings is 2. The van der Waals surface area contributed by atoms with E-state index in [9.17, 15) is 19.1 Å². The molecule has 2 heterocycles. The highest BCUT2D eigenvalue weighted by molar-refractivity contribution is 6.14. The van der Waals surface area contributed by atoms with Crippen LogP contribution in [-0.2, 0) is 6.54 Å². The van der Waals surface area contributed by atoms with Gasteiger partial charge in [-0.1, -0.05) is 30.3 Å². The zero-order valence-electron chi connectivity index (χ0n) is 15.2. The molecule has 144 valence electrons. The predicted molar refractivity (Wildman–Crippen MR) is 107 cm³/mol. The third-order valence-electron chi connectivity index (χ3n) is 4.56. The molecule has 0 bridgehead atoms. The fraction of sp³-hybridized carbons (Fsp3) is 0.0455. The molecule has 7 heteroatoms. The molecule has 0 unspecified atom stereocenters. The number of carboxylic acid groups (broad SMARTS) is 1. The number of nitrogens with one attached hydrogen (secondary N) is 1. The number of rotatable bonds is 5. The molecular weight excluding hydrogens is 373 g/mol. The van der Waals surface area contributed by atoms with Crippen LogP contribution in [0.2, 0.25) is 0 Å². The van der Waals surface area contributed by atoms with Crippen molar-refractivity contribution in [1.82, 2.24) is 9.55 Å². The molecule has 2 N–H and O–H groups in total. The van der Waals surface area contributed by atoms with Crippen LogP contribution in [0.3, 0.4) is 0 Å². The van der Waals surface area contributed by atoms with E-state index in [1.54, 1.807) is 30.5 Å². The monoisotopic (exact) mass is 389 g/mol. The molecule has 0 spiro atoms. The average molecular weight is 389 g/mol. The number of aromatic carboxylic acids is 1. The number of hydrogen-bond donors (Lipinski definition) is 2. The maximum atomic E-state index is 13.1. The Bertz CT molecular complexity index is 1220. The first-order chi connectivity index (χ1) is 14.0. The molecule has 6 nitrogen and oxygen atoms in total. The minimum absolute atomic E-state index is 0.0140. The molecule has 0 saturated carbocycles. The smallest absolute Gasteiger partial charge is 0.337 e. The quantitative estimate of drug-likeness (QED) is 0.536. The molecule has 4 rings (SSSR count). The molecule has 2 aromatic carbocycles. The zero-order chi connectivity index (χ0) is 20.4. The highest BCUT2D eigenvalue weighted by atomic mass is 19.1. The van der Waals surface area contributed by atoms with Crippen LogP contribution in [-0.4, -0.2) is 26.5 Å². The van der Waals surface area contributed by atoms with Gasteiger partial charge in [-0.25, -0.2) is 9.18 Å². The number of nitrogens with zero attached hydrogens (tertiary/aromatic N) is 2. The van der Waals surface area contributed by atoms with Crippen LogP contribution in [0, 0.1) is 5.82 Å². The van der Waals surface area contributed by atoms with Crippen molar-refractivity contribution < 1.29 is 19.1 Å². The number of aromatic nitrogens is 2. The maximum absolute atomic E-state index is 13.1. The molecule has 4 aromatic rings. The minimum atomic E-state index is -1.12. The first kappa shape index (κ1) is 18.4. The largest absolute Gasteiger partial charge is 0.478 e. The van der Waals surface area contributed by atoms with Crippen molar-refractivity contribution in [1.29, 1.82) is 0 Å².